The van der Waals surface area contributed by atoms with Gasteiger partial charge in [0, 0.05) is 19.8 Å². The van der Waals surface area contributed by atoms with Gasteiger partial charge in [-0.15, -0.1) is 22.7 Å². The fourth-order valence-electron chi connectivity index (χ4n) is 4.11. The van der Waals surface area contributed by atoms with Crippen molar-refractivity contribution in [3.05, 3.63) is 82.8 Å². The minimum Gasteiger partial charge on any atom is -0.481 e. The van der Waals surface area contributed by atoms with Crippen LogP contribution in [0.25, 0.3) is 29.6 Å². The van der Waals surface area contributed by atoms with Gasteiger partial charge in [0.2, 0.25) is 0 Å². The second-order valence-corrected chi connectivity index (χ2v) is 11.8. The number of amides is 1. The summed E-state index contributed by atoms with van der Waals surface area (Å²) < 4.78 is 26.9. The summed E-state index contributed by atoms with van der Waals surface area (Å²) in [5.41, 5.74) is 3.89. The Hall–Kier alpha value is -3.60. The number of hydrogen-bond donors (Lipinski definition) is 2. The van der Waals surface area contributed by atoms with Crippen molar-refractivity contribution in [2.45, 2.75) is 33.3 Å². The lowest BCUT2D eigenvalue weighted by atomic mass is 10.0. The van der Waals surface area contributed by atoms with Gasteiger partial charge < -0.3 is 9.84 Å². The number of thiophene rings is 2. The molecule has 0 aliphatic rings. The van der Waals surface area contributed by atoms with Crippen molar-refractivity contribution in [3.8, 4) is 20.2 Å². The number of hydrogen-bond acceptors (Lipinski definition) is 7. The molecule has 3 heterocycles. The number of aliphatic carboxylic acids is 1. The number of nitrogens with zero attached hydrogens (tertiary/aromatic N) is 1. The van der Waals surface area contributed by atoms with E-state index in [1.807, 2.05) is 56.3 Å². The molecule has 0 fully saturated rings. The molecular weight excluding hydrogens is 544 g/mol. The number of nitrogens with one attached hydrogen (secondary N) is 1. The fourth-order valence-corrected chi connectivity index (χ4v) is 7.47. The molecule has 0 aliphatic heterocycles. The highest BCUT2D eigenvalue weighted by atomic mass is 32.1. The van der Waals surface area contributed by atoms with Gasteiger partial charge >= 0.3 is 12.1 Å². The van der Waals surface area contributed by atoms with E-state index in [0.717, 1.165) is 35.2 Å². The van der Waals surface area contributed by atoms with Crippen LogP contribution in [-0.2, 0) is 16.0 Å². The molecule has 1 unspecified atom stereocenters. The van der Waals surface area contributed by atoms with E-state index in [1.54, 1.807) is 24.3 Å². The Balaban J connectivity index is 1.37. The van der Waals surface area contributed by atoms with Gasteiger partial charge in [-0.05, 0) is 73.3 Å². The van der Waals surface area contributed by atoms with Crippen LogP contribution in [0.4, 0.5) is 14.9 Å². The largest absolute Gasteiger partial charge is 0.481 e. The molecule has 0 spiro atoms. The molecule has 2 aromatic carbocycles. The number of carboxylic acids is 1. The molecule has 1 atom stereocenters. The van der Waals surface area contributed by atoms with Crippen LogP contribution < -0.4 is 5.32 Å². The van der Waals surface area contributed by atoms with Crippen LogP contribution in [-0.4, -0.2) is 21.5 Å². The van der Waals surface area contributed by atoms with E-state index >= 15 is 0 Å². The molecule has 38 heavy (non-hydrogen) atoms. The van der Waals surface area contributed by atoms with E-state index in [1.165, 1.54) is 28.9 Å². The summed E-state index contributed by atoms with van der Waals surface area (Å²) in [7, 11) is 0. The van der Waals surface area contributed by atoms with Crippen LogP contribution in [0.5, 0.6) is 0 Å². The smallest absolute Gasteiger partial charge is 0.412 e. The molecule has 2 N–H and O–H groups in total. The first-order valence-corrected chi connectivity index (χ1v) is 14.1. The highest BCUT2D eigenvalue weighted by Gasteiger charge is 2.21. The molecule has 194 valence electrons. The molecular formula is C28H23FN2O4S3. The Morgan fingerprint density at radius 2 is 1.74 bits per heavy atom. The van der Waals surface area contributed by atoms with E-state index in [2.05, 4.69) is 9.69 Å². The maximum atomic E-state index is 14.9. The van der Waals surface area contributed by atoms with Crippen molar-refractivity contribution in [1.82, 2.24) is 4.37 Å². The lowest BCUT2D eigenvalue weighted by molar-refractivity contribution is -0.136. The number of benzene rings is 2. The number of aromatic nitrogens is 1. The van der Waals surface area contributed by atoms with Crippen molar-refractivity contribution >= 4 is 61.4 Å². The number of carbonyl (C=O) groups is 2. The predicted octanol–water partition coefficient (Wildman–Crippen LogP) is 8.45. The van der Waals surface area contributed by atoms with Crippen LogP contribution in [0.3, 0.4) is 0 Å². The second kappa shape index (κ2) is 10.6. The van der Waals surface area contributed by atoms with E-state index in [0.29, 0.717) is 22.5 Å². The Labute approximate surface area is 230 Å². The first-order valence-electron chi connectivity index (χ1n) is 11.7. The summed E-state index contributed by atoms with van der Waals surface area (Å²) >= 11 is 4.31. The molecule has 6 nitrogen and oxygen atoms in total. The van der Waals surface area contributed by atoms with Gasteiger partial charge in [0.1, 0.15) is 11.9 Å². The minimum absolute atomic E-state index is 0.213. The number of carboxylic acid groups (broad SMARTS) is 1. The van der Waals surface area contributed by atoms with Crippen molar-refractivity contribution in [2.24, 2.45) is 0 Å². The third-order valence-electron chi connectivity index (χ3n) is 6.11. The molecule has 0 saturated carbocycles. The lowest BCUT2D eigenvalue weighted by Gasteiger charge is -2.14. The third kappa shape index (κ3) is 5.33. The Bertz CT molecular complexity index is 1620. The lowest BCUT2D eigenvalue weighted by Crippen LogP contribution is -2.16. The first kappa shape index (κ1) is 26.0. The third-order valence-corrected chi connectivity index (χ3v) is 9.55. The molecule has 5 aromatic rings. The summed E-state index contributed by atoms with van der Waals surface area (Å²) in [6.07, 6.45) is -1.17. The SMILES string of the molecule is Cc1cc(-c2cc3sc(-c4snc(C)c4NC(=O)OC(C)c4ccccc4)cc3s2)c(F)cc1CC(=O)O. The number of carbonyl (C=O) groups excluding carboxylic acids is 1. The quantitative estimate of drug-likeness (QED) is 0.206. The average molecular weight is 567 g/mol. The summed E-state index contributed by atoms with van der Waals surface area (Å²) in [5, 5.41) is 11.9. The molecule has 0 aliphatic carbocycles. The maximum absolute atomic E-state index is 14.9. The Kier molecular flexibility index (Phi) is 7.29. The van der Waals surface area contributed by atoms with Crippen molar-refractivity contribution in [2.75, 3.05) is 5.32 Å². The number of fused-ring (bicyclic) bond motifs is 1. The Morgan fingerprint density at radius 1 is 1.05 bits per heavy atom. The first-order chi connectivity index (χ1) is 18.2. The van der Waals surface area contributed by atoms with Crippen LogP contribution in [0, 0.1) is 19.7 Å². The fraction of sp³-hybridized carbons (Fsp3) is 0.179. The van der Waals surface area contributed by atoms with Crippen molar-refractivity contribution in [3.63, 3.8) is 0 Å². The summed E-state index contributed by atoms with van der Waals surface area (Å²) in [6.45, 7) is 5.45. The summed E-state index contributed by atoms with van der Waals surface area (Å²) in [5.74, 6) is -1.43. The van der Waals surface area contributed by atoms with Crippen molar-refractivity contribution in [1.29, 1.82) is 0 Å². The second-order valence-electron chi connectivity index (χ2n) is 8.83. The molecule has 5 rings (SSSR count). The summed E-state index contributed by atoms with van der Waals surface area (Å²) in [4.78, 5) is 26.3. The standard InChI is InChI=1S/C28H23FN2O4S3/c1-14-9-19(20(29)10-18(14)11-25(32)33)21-12-22-23(36-21)13-24(37-22)27-26(15(2)31-38-27)30-28(34)35-16(3)17-7-5-4-6-8-17/h4-10,12-13,16H,11H2,1-3H3,(H,30,34)(H,32,33). The molecule has 0 radical (unpaired) electrons. The topological polar surface area (TPSA) is 88.5 Å². The normalized spacial score (nSPS) is 12.0. The number of anilines is 1. The van der Waals surface area contributed by atoms with Gasteiger partial charge in [-0.2, -0.15) is 4.37 Å². The molecule has 0 saturated heterocycles. The van der Waals surface area contributed by atoms with Gasteiger partial charge in [0.15, 0.2) is 0 Å². The monoisotopic (exact) mass is 566 g/mol. The zero-order valence-electron chi connectivity index (χ0n) is 20.7. The predicted molar refractivity (Wildman–Crippen MR) is 152 cm³/mol. The van der Waals surface area contributed by atoms with Crippen LogP contribution in [0.1, 0.15) is 35.4 Å². The zero-order valence-corrected chi connectivity index (χ0v) is 23.2. The number of aryl methyl sites for hydroxylation is 2. The van der Waals surface area contributed by atoms with Crippen LogP contribution in [0.2, 0.25) is 0 Å². The van der Waals surface area contributed by atoms with Gasteiger partial charge in [0.05, 0.1) is 27.6 Å². The highest BCUT2D eigenvalue weighted by molar-refractivity contribution is 7.32. The molecule has 10 heteroatoms. The molecule has 0 bridgehead atoms. The Morgan fingerprint density at radius 3 is 2.45 bits per heavy atom. The van der Waals surface area contributed by atoms with Gasteiger partial charge in [-0.3, -0.25) is 10.1 Å². The highest BCUT2D eigenvalue weighted by Crippen LogP contribution is 2.46. The van der Waals surface area contributed by atoms with Gasteiger partial charge in [-0.1, -0.05) is 30.3 Å². The van der Waals surface area contributed by atoms with Gasteiger partial charge in [-0.25, -0.2) is 9.18 Å². The number of ether oxygens (including phenoxy) is 1. The minimum atomic E-state index is -0.990. The van der Waals surface area contributed by atoms with E-state index in [-0.39, 0.29) is 6.42 Å². The van der Waals surface area contributed by atoms with E-state index in [4.69, 9.17) is 9.84 Å². The molecule has 1 amide bonds. The van der Waals surface area contributed by atoms with E-state index in [9.17, 15) is 14.0 Å². The average Bonchev–Trinajstić information content (AvgIpc) is 3.55. The number of rotatable bonds is 7. The maximum Gasteiger partial charge on any atom is 0.412 e. The van der Waals surface area contributed by atoms with Crippen molar-refractivity contribution < 1.29 is 23.8 Å². The van der Waals surface area contributed by atoms with Crippen LogP contribution >= 0.6 is 34.2 Å². The summed E-state index contributed by atoms with van der Waals surface area (Å²) in [6, 6.07) is 16.5. The van der Waals surface area contributed by atoms with Crippen LogP contribution in [0.15, 0.2) is 54.6 Å². The zero-order chi connectivity index (χ0) is 27.0. The number of halogens is 1. The molecule has 3 aromatic heterocycles. The van der Waals surface area contributed by atoms with Gasteiger partial charge in [0.25, 0.3) is 0 Å². The van der Waals surface area contributed by atoms with E-state index < -0.39 is 24.0 Å².